The molecule has 0 atom stereocenters. The minimum Gasteiger partial charge on any atom is -0.384 e. The van der Waals surface area contributed by atoms with Gasteiger partial charge in [-0.1, -0.05) is 11.8 Å². The summed E-state index contributed by atoms with van der Waals surface area (Å²) in [5, 5.41) is 15.6. The zero-order valence-corrected chi connectivity index (χ0v) is 12.3. The van der Waals surface area contributed by atoms with Crippen molar-refractivity contribution in [2.45, 2.75) is 13.8 Å². The average molecular weight is 283 g/mol. The third kappa shape index (κ3) is 3.50. The molecule has 1 amide bonds. The topological polar surface area (TPSA) is 67.2 Å². The standard InChI is InChI=1S/C16H17N3O2/c1-11-7-13(5-4-6-20)9-14(8-11)18-16(21)15-10-17-19(3)12(15)2/h7-10,20H,6H2,1-3H3,(H,18,21). The highest BCUT2D eigenvalue weighted by Crippen LogP contribution is 2.16. The Labute approximate surface area is 123 Å². The normalized spacial score (nSPS) is 9.90. The van der Waals surface area contributed by atoms with Crippen LogP contribution in [-0.4, -0.2) is 27.4 Å². The molecular weight excluding hydrogens is 266 g/mol. The summed E-state index contributed by atoms with van der Waals surface area (Å²) in [6, 6.07) is 5.54. The van der Waals surface area contributed by atoms with E-state index in [0.29, 0.717) is 11.3 Å². The van der Waals surface area contributed by atoms with Gasteiger partial charge in [-0.15, -0.1) is 0 Å². The summed E-state index contributed by atoms with van der Waals surface area (Å²) in [5.74, 6) is 5.23. The minimum absolute atomic E-state index is 0.190. The van der Waals surface area contributed by atoms with E-state index in [0.717, 1.165) is 16.8 Å². The SMILES string of the molecule is Cc1cc(C#CCO)cc(NC(=O)c2cnn(C)c2C)c1. The average Bonchev–Trinajstić information content (AvgIpc) is 2.76. The summed E-state index contributed by atoms with van der Waals surface area (Å²) in [5.41, 5.74) is 3.76. The largest absolute Gasteiger partial charge is 0.384 e. The van der Waals surface area contributed by atoms with Gasteiger partial charge in [-0.25, -0.2) is 0 Å². The van der Waals surface area contributed by atoms with E-state index in [2.05, 4.69) is 22.3 Å². The Morgan fingerprint density at radius 2 is 2.14 bits per heavy atom. The summed E-state index contributed by atoms with van der Waals surface area (Å²) in [4.78, 5) is 12.2. The summed E-state index contributed by atoms with van der Waals surface area (Å²) in [6.45, 7) is 3.58. The van der Waals surface area contributed by atoms with Crippen LogP contribution >= 0.6 is 0 Å². The van der Waals surface area contributed by atoms with E-state index in [1.54, 1.807) is 24.0 Å². The molecule has 5 heteroatoms. The lowest BCUT2D eigenvalue weighted by Crippen LogP contribution is -2.13. The number of amides is 1. The maximum Gasteiger partial charge on any atom is 0.259 e. The molecule has 0 saturated heterocycles. The third-order valence-corrected chi connectivity index (χ3v) is 3.13. The molecule has 2 aromatic rings. The van der Waals surface area contributed by atoms with Crippen molar-refractivity contribution in [3.63, 3.8) is 0 Å². The fourth-order valence-corrected chi connectivity index (χ4v) is 1.99. The molecule has 1 aromatic carbocycles. The molecule has 2 N–H and O–H groups in total. The number of hydrogen-bond donors (Lipinski definition) is 2. The quantitative estimate of drug-likeness (QED) is 0.823. The third-order valence-electron chi connectivity index (χ3n) is 3.13. The summed E-state index contributed by atoms with van der Waals surface area (Å²) in [6.07, 6.45) is 1.55. The Morgan fingerprint density at radius 1 is 1.38 bits per heavy atom. The molecule has 21 heavy (non-hydrogen) atoms. The van der Waals surface area contributed by atoms with E-state index in [4.69, 9.17) is 5.11 Å². The van der Waals surface area contributed by atoms with Gasteiger partial charge in [-0.2, -0.15) is 5.10 Å². The number of nitrogens with one attached hydrogen (secondary N) is 1. The Balaban J connectivity index is 2.25. The zero-order chi connectivity index (χ0) is 15.4. The summed E-state index contributed by atoms with van der Waals surface area (Å²) in [7, 11) is 1.79. The van der Waals surface area contributed by atoms with Crippen molar-refractivity contribution < 1.29 is 9.90 Å². The number of aliphatic hydroxyl groups is 1. The Morgan fingerprint density at radius 3 is 2.76 bits per heavy atom. The fourth-order valence-electron chi connectivity index (χ4n) is 1.99. The first-order valence-corrected chi connectivity index (χ1v) is 6.52. The van der Waals surface area contributed by atoms with Gasteiger partial charge in [0.2, 0.25) is 0 Å². The zero-order valence-electron chi connectivity index (χ0n) is 12.3. The van der Waals surface area contributed by atoms with Gasteiger partial charge in [0.15, 0.2) is 0 Å². The highest BCUT2D eigenvalue weighted by atomic mass is 16.2. The molecule has 5 nitrogen and oxygen atoms in total. The van der Waals surface area contributed by atoms with Gasteiger partial charge in [-0.3, -0.25) is 9.48 Å². The number of anilines is 1. The second-order valence-electron chi connectivity index (χ2n) is 4.77. The number of nitrogens with zero attached hydrogens (tertiary/aromatic N) is 2. The molecule has 0 bridgehead atoms. The monoisotopic (exact) mass is 283 g/mol. The first-order valence-electron chi connectivity index (χ1n) is 6.52. The molecule has 0 fully saturated rings. The molecule has 2 rings (SSSR count). The van der Waals surface area contributed by atoms with Crippen molar-refractivity contribution in [2.24, 2.45) is 7.05 Å². The van der Waals surface area contributed by atoms with Crippen LogP contribution in [0.3, 0.4) is 0 Å². The van der Waals surface area contributed by atoms with Crippen LogP contribution < -0.4 is 5.32 Å². The van der Waals surface area contributed by atoms with E-state index < -0.39 is 0 Å². The van der Waals surface area contributed by atoms with Crippen molar-refractivity contribution >= 4 is 11.6 Å². The van der Waals surface area contributed by atoms with Crippen LogP contribution in [0.4, 0.5) is 5.69 Å². The molecule has 108 valence electrons. The maximum absolute atomic E-state index is 12.2. The van der Waals surface area contributed by atoms with Gasteiger partial charge in [-0.05, 0) is 37.6 Å². The number of carbonyl (C=O) groups is 1. The van der Waals surface area contributed by atoms with E-state index >= 15 is 0 Å². The number of rotatable bonds is 2. The maximum atomic E-state index is 12.2. The lowest BCUT2D eigenvalue weighted by Gasteiger charge is -2.07. The summed E-state index contributed by atoms with van der Waals surface area (Å²) < 4.78 is 1.66. The molecule has 1 aromatic heterocycles. The Bertz CT molecular complexity index is 736. The lowest BCUT2D eigenvalue weighted by atomic mass is 10.1. The van der Waals surface area contributed by atoms with Crippen molar-refractivity contribution in [3.05, 3.63) is 46.8 Å². The molecule has 0 spiro atoms. The Hall–Kier alpha value is -2.58. The molecule has 0 aliphatic carbocycles. The lowest BCUT2D eigenvalue weighted by molar-refractivity contribution is 0.102. The Kier molecular flexibility index (Phi) is 4.41. The summed E-state index contributed by atoms with van der Waals surface area (Å²) >= 11 is 0. The number of hydrogen-bond acceptors (Lipinski definition) is 3. The number of carbonyl (C=O) groups excluding carboxylic acids is 1. The van der Waals surface area contributed by atoms with Crippen molar-refractivity contribution in [1.82, 2.24) is 9.78 Å². The second-order valence-corrected chi connectivity index (χ2v) is 4.77. The van der Waals surface area contributed by atoms with Crippen LogP contribution in [0.1, 0.15) is 27.2 Å². The van der Waals surface area contributed by atoms with Crippen LogP contribution in [-0.2, 0) is 7.05 Å². The molecule has 0 radical (unpaired) electrons. The van der Waals surface area contributed by atoms with Crippen LogP contribution in [0.5, 0.6) is 0 Å². The van der Waals surface area contributed by atoms with Gasteiger partial charge < -0.3 is 10.4 Å². The van der Waals surface area contributed by atoms with E-state index in [1.165, 1.54) is 0 Å². The van der Waals surface area contributed by atoms with E-state index in [-0.39, 0.29) is 12.5 Å². The van der Waals surface area contributed by atoms with Gasteiger partial charge in [0.1, 0.15) is 6.61 Å². The predicted molar refractivity (Wildman–Crippen MR) is 81.0 cm³/mol. The van der Waals surface area contributed by atoms with Crippen LogP contribution in [0.25, 0.3) is 0 Å². The van der Waals surface area contributed by atoms with Gasteiger partial charge in [0, 0.05) is 24.0 Å². The highest BCUT2D eigenvalue weighted by molar-refractivity contribution is 6.05. The first kappa shape index (κ1) is 14.8. The smallest absolute Gasteiger partial charge is 0.259 e. The molecule has 1 heterocycles. The van der Waals surface area contributed by atoms with Gasteiger partial charge >= 0.3 is 0 Å². The fraction of sp³-hybridized carbons (Fsp3) is 0.250. The molecule has 0 aliphatic heterocycles. The number of benzene rings is 1. The van der Waals surface area contributed by atoms with Gasteiger partial charge in [0.25, 0.3) is 5.91 Å². The first-order chi connectivity index (χ1) is 10.0. The molecule has 0 saturated carbocycles. The number of aryl methyl sites for hydroxylation is 2. The molecule has 0 aliphatic rings. The minimum atomic E-state index is -0.202. The van der Waals surface area contributed by atoms with Crippen molar-refractivity contribution in [3.8, 4) is 11.8 Å². The van der Waals surface area contributed by atoms with Crippen LogP contribution in [0, 0.1) is 25.7 Å². The highest BCUT2D eigenvalue weighted by Gasteiger charge is 2.13. The number of aromatic nitrogens is 2. The van der Waals surface area contributed by atoms with Crippen LogP contribution in [0.2, 0.25) is 0 Å². The van der Waals surface area contributed by atoms with Crippen molar-refractivity contribution in [1.29, 1.82) is 0 Å². The van der Waals surface area contributed by atoms with Crippen molar-refractivity contribution in [2.75, 3.05) is 11.9 Å². The second kappa shape index (κ2) is 6.25. The van der Waals surface area contributed by atoms with Gasteiger partial charge in [0.05, 0.1) is 11.8 Å². The predicted octanol–water partition coefficient (Wildman–Crippen LogP) is 1.63. The van der Waals surface area contributed by atoms with Crippen LogP contribution in [0.15, 0.2) is 24.4 Å². The molecule has 0 unspecified atom stereocenters. The number of aliphatic hydroxyl groups excluding tert-OH is 1. The molecular formula is C16H17N3O2. The van der Waals surface area contributed by atoms with E-state index in [9.17, 15) is 4.79 Å². The van der Waals surface area contributed by atoms with E-state index in [1.807, 2.05) is 26.0 Å².